The number of para-hydroxylation sites is 1. The smallest absolute Gasteiger partial charge is 0.228 e. The maximum absolute atomic E-state index is 5.93. The van der Waals surface area contributed by atoms with E-state index in [1.807, 2.05) is 6.07 Å². The average Bonchev–Trinajstić information content (AvgIpc) is 2.75. The van der Waals surface area contributed by atoms with Crippen molar-refractivity contribution in [3.63, 3.8) is 0 Å². The Bertz CT molecular complexity index is 408. The molecule has 1 unspecified atom stereocenters. The van der Waals surface area contributed by atoms with E-state index in [9.17, 15) is 0 Å². The Kier molecular flexibility index (Phi) is 4.21. The van der Waals surface area contributed by atoms with Crippen molar-refractivity contribution in [1.29, 1.82) is 0 Å². The van der Waals surface area contributed by atoms with Crippen molar-refractivity contribution >= 4 is 24.1 Å². The monoisotopic (exact) mass is 270 g/mol. The van der Waals surface area contributed by atoms with Crippen LogP contribution in [0, 0.1) is 0 Å². The molecular formula is C12H19N2OPS. The quantitative estimate of drug-likeness (QED) is 0.781. The molecule has 2 rings (SSSR count). The van der Waals surface area contributed by atoms with E-state index in [0.29, 0.717) is 0 Å². The van der Waals surface area contributed by atoms with Crippen LogP contribution in [0.2, 0.25) is 0 Å². The largest absolute Gasteiger partial charge is 0.321 e. The van der Waals surface area contributed by atoms with Crippen molar-refractivity contribution in [2.75, 3.05) is 30.9 Å². The Hall–Kier alpha value is -0.410. The Morgan fingerprint density at radius 2 is 1.94 bits per heavy atom. The lowest BCUT2D eigenvalue weighted by Crippen LogP contribution is -2.28. The SMILES string of the molecule is CCN(CC)P1(=S)OCCN1c1ccccc1. The van der Waals surface area contributed by atoms with E-state index in [1.165, 1.54) is 5.69 Å². The predicted octanol–water partition coefficient (Wildman–Crippen LogP) is 3.09. The third kappa shape index (κ3) is 2.41. The van der Waals surface area contributed by atoms with E-state index in [2.05, 4.69) is 47.5 Å². The molecule has 1 atom stereocenters. The van der Waals surface area contributed by atoms with E-state index in [4.69, 9.17) is 16.3 Å². The highest BCUT2D eigenvalue weighted by Gasteiger charge is 2.37. The van der Waals surface area contributed by atoms with Crippen molar-refractivity contribution in [2.24, 2.45) is 0 Å². The van der Waals surface area contributed by atoms with Gasteiger partial charge in [-0.3, -0.25) is 0 Å². The molecule has 0 radical (unpaired) electrons. The van der Waals surface area contributed by atoms with Gasteiger partial charge in [-0.25, -0.2) is 4.67 Å². The molecule has 3 nitrogen and oxygen atoms in total. The fourth-order valence-electron chi connectivity index (χ4n) is 2.13. The predicted molar refractivity (Wildman–Crippen MR) is 76.9 cm³/mol. The highest BCUT2D eigenvalue weighted by molar-refractivity contribution is 8.11. The first-order chi connectivity index (χ1) is 8.22. The summed E-state index contributed by atoms with van der Waals surface area (Å²) in [7, 11) is 0. The van der Waals surface area contributed by atoms with E-state index < -0.39 is 6.57 Å². The summed E-state index contributed by atoms with van der Waals surface area (Å²) in [6.07, 6.45) is 0. The fraction of sp³-hybridized carbons (Fsp3) is 0.500. The molecule has 1 aliphatic rings. The molecule has 0 bridgehead atoms. The number of hydrogen-bond donors (Lipinski definition) is 0. The number of nitrogens with zero attached hydrogens (tertiary/aromatic N) is 2. The van der Waals surface area contributed by atoms with Crippen LogP contribution in [0.5, 0.6) is 0 Å². The third-order valence-corrected chi connectivity index (χ3v) is 7.45. The summed E-state index contributed by atoms with van der Waals surface area (Å²) in [5, 5.41) is 0. The first kappa shape index (κ1) is 13.0. The van der Waals surface area contributed by atoms with E-state index in [-0.39, 0.29) is 0 Å². The van der Waals surface area contributed by atoms with Crippen molar-refractivity contribution in [1.82, 2.24) is 4.67 Å². The van der Waals surface area contributed by atoms with Gasteiger partial charge >= 0.3 is 0 Å². The molecule has 1 heterocycles. The maximum Gasteiger partial charge on any atom is 0.228 e. The summed E-state index contributed by atoms with van der Waals surface area (Å²) in [4.78, 5) is 0. The van der Waals surface area contributed by atoms with Crippen LogP contribution >= 0.6 is 6.57 Å². The molecule has 1 aromatic rings. The lowest BCUT2D eigenvalue weighted by atomic mass is 10.3. The zero-order valence-electron chi connectivity index (χ0n) is 10.4. The highest BCUT2D eigenvalue weighted by Crippen LogP contribution is 2.59. The van der Waals surface area contributed by atoms with Gasteiger partial charge in [-0.2, -0.15) is 0 Å². The zero-order chi connectivity index (χ0) is 12.3. The van der Waals surface area contributed by atoms with Gasteiger partial charge in [0.1, 0.15) is 0 Å². The Morgan fingerprint density at radius 3 is 2.53 bits per heavy atom. The topological polar surface area (TPSA) is 15.7 Å². The molecule has 0 spiro atoms. The van der Waals surface area contributed by atoms with Gasteiger partial charge < -0.3 is 9.19 Å². The number of rotatable bonds is 4. The molecule has 1 saturated heterocycles. The highest BCUT2D eigenvalue weighted by atomic mass is 32.5. The minimum atomic E-state index is -2.01. The molecule has 0 aromatic heterocycles. The minimum Gasteiger partial charge on any atom is -0.321 e. The summed E-state index contributed by atoms with van der Waals surface area (Å²) in [6.45, 7) is 5.79. The summed E-state index contributed by atoms with van der Waals surface area (Å²) in [6, 6.07) is 10.4. The number of anilines is 1. The first-order valence-corrected chi connectivity index (χ1v) is 8.68. The molecule has 0 amide bonds. The lowest BCUT2D eigenvalue weighted by Gasteiger charge is -2.36. The Morgan fingerprint density at radius 1 is 1.29 bits per heavy atom. The number of benzene rings is 1. The minimum absolute atomic E-state index is 0.739. The van der Waals surface area contributed by atoms with Gasteiger partial charge in [0.15, 0.2) is 0 Å². The van der Waals surface area contributed by atoms with Gasteiger partial charge in [0, 0.05) is 25.3 Å². The summed E-state index contributed by atoms with van der Waals surface area (Å²) >= 11 is 5.83. The molecular weight excluding hydrogens is 251 g/mol. The zero-order valence-corrected chi connectivity index (χ0v) is 12.1. The summed E-state index contributed by atoms with van der Waals surface area (Å²) in [5.41, 5.74) is 1.18. The normalized spacial score (nSPS) is 24.5. The summed E-state index contributed by atoms with van der Waals surface area (Å²) < 4.78 is 10.5. The molecule has 1 aromatic carbocycles. The van der Waals surface area contributed by atoms with Crippen molar-refractivity contribution in [3.05, 3.63) is 30.3 Å². The van der Waals surface area contributed by atoms with E-state index in [0.717, 1.165) is 26.2 Å². The maximum atomic E-state index is 5.93. The molecule has 0 N–H and O–H groups in total. The van der Waals surface area contributed by atoms with Crippen LogP contribution < -0.4 is 4.67 Å². The molecule has 17 heavy (non-hydrogen) atoms. The third-order valence-electron chi connectivity index (χ3n) is 3.01. The second-order valence-electron chi connectivity index (χ2n) is 3.92. The fourth-order valence-corrected chi connectivity index (χ4v) is 5.98. The van der Waals surface area contributed by atoms with E-state index in [1.54, 1.807) is 0 Å². The van der Waals surface area contributed by atoms with Crippen LogP contribution in [-0.2, 0) is 16.3 Å². The average molecular weight is 270 g/mol. The van der Waals surface area contributed by atoms with Crippen molar-refractivity contribution in [3.8, 4) is 0 Å². The second kappa shape index (κ2) is 5.49. The van der Waals surface area contributed by atoms with Crippen LogP contribution in [0.3, 0.4) is 0 Å². The van der Waals surface area contributed by atoms with Gasteiger partial charge in [0.2, 0.25) is 6.57 Å². The molecule has 5 heteroatoms. The van der Waals surface area contributed by atoms with Crippen LogP contribution in [0.4, 0.5) is 5.69 Å². The standard InChI is InChI=1S/C12H19N2OPS/c1-3-13(4-2)16(17)14(10-11-15-16)12-8-6-5-7-9-12/h5-9H,3-4,10-11H2,1-2H3. The van der Waals surface area contributed by atoms with Gasteiger partial charge in [0.05, 0.1) is 6.61 Å². The molecule has 94 valence electrons. The van der Waals surface area contributed by atoms with Crippen LogP contribution in [0.15, 0.2) is 30.3 Å². The molecule has 0 saturated carbocycles. The van der Waals surface area contributed by atoms with Gasteiger partial charge in [0.25, 0.3) is 0 Å². The summed E-state index contributed by atoms with van der Waals surface area (Å²) in [5.74, 6) is 0. The Balaban J connectivity index is 2.32. The number of hydrogen-bond acceptors (Lipinski definition) is 2. The van der Waals surface area contributed by atoms with E-state index >= 15 is 0 Å². The van der Waals surface area contributed by atoms with Crippen LogP contribution in [-0.4, -0.2) is 30.9 Å². The van der Waals surface area contributed by atoms with Gasteiger partial charge in [-0.1, -0.05) is 32.0 Å². The van der Waals surface area contributed by atoms with Crippen molar-refractivity contribution in [2.45, 2.75) is 13.8 Å². The van der Waals surface area contributed by atoms with Gasteiger partial charge in [-0.05, 0) is 23.9 Å². The Labute approximate surface area is 109 Å². The molecule has 1 fully saturated rings. The van der Waals surface area contributed by atoms with Gasteiger partial charge in [-0.15, -0.1) is 0 Å². The lowest BCUT2D eigenvalue weighted by molar-refractivity contribution is 0.350. The van der Waals surface area contributed by atoms with Crippen LogP contribution in [0.1, 0.15) is 13.8 Å². The molecule has 1 aliphatic heterocycles. The van der Waals surface area contributed by atoms with Crippen LogP contribution in [0.25, 0.3) is 0 Å². The first-order valence-electron chi connectivity index (χ1n) is 6.05. The van der Waals surface area contributed by atoms with Crippen molar-refractivity contribution < 1.29 is 4.52 Å². The second-order valence-corrected chi connectivity index (χ2v) is 7.64. The molecule has 0 aliphatic carbocycles.